The predicted octanol–water partition coefficient (Wildman–Crippen LogP) is 6.03. The standard InChI is InChI=1S/C24H17N3O/c1-28-15-12-10-14(11-13-15)21-23-20(16-6-2-4-8-18(16)25-23)24-22(27-21)17-7-3-5-9-19(17)26-24/h2-13,25-26H,1H3. The van der Waals surface area contributed by atoms with Crippen molar-refractivity contribution in [2.75, 3.05) is 7.11 Å². The van der Waals surface area contributed by atoms with Crippen molar-refractivity contribution in [2.24, 2.45) is 0 Å². The second kappa shape index (κ2) is 5.60. The molecule has 6 rings (SSSR count). The van der Waals surface area contributed by atoms with Gasteiger partial charge in [-0.15, -0.1) is 0 Å². The van der Waals surface area contributed by atoms with Crippen LogP contribution in [0.3, 0.4) is 0 Å². The lowest BCUT2D eigenvalue weighted by atomic mass is 10.1. The zero-order valence-corrected chi connectivity index (χ0v) is 15.3. The summed E-state index contributed by atoms with van der Waals surface area (Å²) in [6.45, 7) is 0. The molecule has 0 radical (unpaired) electrons. The van der Waals surface area contributed by atoms with Gasteiger partial charge in [-0.1, -0.05) is 36.4 Å². The number of rotatable bonds is 2. The number of pyridine rings is 1. The number of hydrogen-bond donors (Lipinski definition) is 2. The van der Waals surface area contributed by atoms with E-state index in [1.165, 1.54) is 10.8 Å². The van der Waals surface area contributed by atoms with Crippen molar-refractivity contribution >= 4 is 43.7 Å². The summed E-state index contributed by atoms with van der Waals surface area (Å²) >= 11 is 0. The van der Waals surface area contributed by atoms with E-state index in [9.17, 15) is 0 Å². The fourth-order valence-corrected chi connectivity index (χ4v) is 4.13. The van der Waals surface area contributed by atoms with Gasteiger partial charge in [0, 0.05) is 32.8 Å². The zero-order valence-electron chi connectivity index (χ0n) is 15.3. The van der Waals surface area contributed by atoms with Gasteiger partial charge in [0.05, 0.1) is 29.4 Å². The van der Waals surface area contributed by atoms with Crippen LogP contribution >= 0.6 is 0 Å². The van der Waals surface area contributed by atoms with Crippen molar-refractivity contribution in [1.29, 1.82) is 0 Å². The molecule has 4 nitrogen and oxygen atoms in total. The molecule has 0 aliphatic heterocycles. The molecule has 3 heterocycles. The second-order valence-corrected chi connectivity index (χ2v) is 7.00. The Labute approximate surface area is 160 Å². The first-order chi connectivity index (χ1) is 13.8. The van der Waals surface area contributed by atoms with Crippen molar-refractivity contribution in [3.8, 4) is 17.0 Å². The number of methoxy groups -OCH3 is 1. The van der Waals surface area contributed by atoms with Crippen molar-refractivity contribution in [2.45, 2.75) is 0 Å². The lowest BCUT2D eigenvalue weighted by Gasteiger charge is -2.06. The highest BCUT2D eigenvalue weighted by Gasteiger charge is 2.18. The van der Waals surface area contributed by atoms with E-state index in [1.807, 2.05) is 12.1 Å². The Kier molecular flexibility index (Phi) is 3.06. The van der Waals surface area contributed by atoms with Crippen LogP contribution in [0.15, 0.2) is 72.8 Å². The molecule has 0 fully saturated rings. The van der Waals surface area contributed by atoms with E-state index >= 15 is 0 Å². The fourth-order valence-electron chi connectivity index (χ4n) is 4.13. The molecule has 134 valence electrons. The lowest BCUT2D eigenvalue weighted by Crippen LogP contribution is -1.89. The van der Waals surface area contributed by atoms with Gasteiger partial charge in [-0.2, -0.15) is 0 Å². The summed E-state index contributed by atoms with van der Waals surface area (Å²) in [7, 11) is 1.68. The number of ether oxygens (including phenoxy) is 1. The average molecular weight is 363 g/mol. The minimum absolute atomic E-state index is 0.838. The van der Waals surface area contributed by atoms with Gasteiger partial charge in [0.1, 0.15) is 5.75 Å². The van der Waals surface area contributed by atoms with Gasteiger partial charge in [0.15, 0.2) is 0 Å². The average Bonchev–Trinajstić information content (AvgIpc) is 3.31. The first-order valence-electron chi connectivity index (χ1n) is 9.29. The Bertz CT molecular complexity index is 1490. The van der Waals surface area contributed by atoms with Crippen LogP contribution < -0.4 is 4.74 Å². The largest absolute Gasteiger partial charge is 0.497 e. The monoisotopic (exact) mass is 363 g/mol. The fraction of sp³-hybridized carbons (Fsp3) is 0.0417. The maximum absolute atomic E-state index is 5.32. The maximum atomic E-state index is 5.32. The van der Waals surface area contributed by atoms with Gasteiger partial charge >= 0.3 is 0 Å². The zero-order chi connectivity index (χ0) is 18.7. The van der Waals surface area contributed by atoms with E-state index in [0.29, 0.717) is 0 Å². The number of benzene rings is 3. The van der Waals surface area contributed by atoms with Crippen molar-refractivity contribution in [1.82, 2.24) is 15.0 Å². The Balaban J connectivity index is 1.82. The summed E-state index contributed by atoms with van der Waals surface area (Å²) in [4.78, 5) is 12.3. The molecule has 6 aromatic rings. The molecule has 3 aromatic carbocycles. The smallest absolute Gasteiger partial charge is 0.118 e. The summed E-state index contributed by atoms with van der Waals surface area (Å²) in [5.41, 5.74) is 7.34. The highest BCUT2D eigenvalue weighted by Crippen LogP contribution is 2.39. The molecule has 3 aromatic heterocycles. The van der Waals surface area contributed by atoms with Gasteiger partial charge in [0.25, 0.3) is 0 Å². The quantitative estimate of drug-likeness (QED) is 0.395. The predicted molar refractivity (Wildman–Crippen MR) is 115 cm³/mol. The number of aromatic nitrogens is 3. The summed E-state index contributed by atoms with van der Waals surface area (Å²) in [6.07, 6.45) is 0. The number of H-pyrrole nitrogens is 2. The number of aromatic amines is 2. The van der Waals surface area contributed by atoms with Gasteiger partial charge < -0.3 is 14.7 Å². The molecule has 0 spiro atoms. The van der Waals surface area contributed by atoms with Crippen molar-refractivity contribution < 1.29 is 4.74 Å². The summed E-state index contributed by atoms with van der Waals surface area (Å²) in [5, 5.41) is 3.52. The van der Waals surface area contributed by atoms with Crippen LogP contribution in [0.2, 0.25) is 0 Å². The maximum Gasteiger partial charge on any atom is 0.118 e. The number of hydrogen-bond acceptors (Lipinski definition) is 2. The Morgan fingerprint density at radius 3 is 2.11 bits per heavy atom. The van der Waals surface area contributed by atoms with Crippen LogP contribution in [0.1, 0.15) is 0 Å². The van der Waals surface area contributed by atoms with Crippen molar-refractivity contribution in [3.05, 3.63) is 72.8 Å². The van der Waals surface area contributed by atoms with Crippen LogP contribution in [0.25, 0.3) is 55.0 Å². The molecular formula is C24H17N3O. The van der Waals surface area contributed by atoms with Crippen LogP contribution in [-0.2, 0) is 0 Å². The number of para-hydroxylation sites is 2. The van der Waals surface area contributed by atoms with E-state index < -0.39 is 0 Å². The Morgan fingerprint density at radius 1 is 0.714 bits per heavy atom. The molecule has 0 saturated carbocycles. The number of fused-ring (bicyclic) bond motifs is 7. The van der Waals surface area contributed by atoms with Gasteiger partial charge in [0.2, 0.25) is 0 Å². The molecule has 4 heteroatoms. The van der Waals surface area contributed by atoms with Crippen LogP contribution in [0.5, 0.6) is 5.75 Å². The molecule has 0 atom stereocenters. The second-order valence-electron chi connectivity index (χ2n) is 7.00. The third kappa shape index (κ3) is 2.03. The van der Waals surface area contributed by atoms with Gasteiger partial charge in [-0.25, -0.2) is 4.98 Å². The molecule has 28 heavy (non-hydrogen) atoms. The highest BCUT2D eigenvalue weighted by atomic mass is 16.5. The van der Waals surface area contributed by atoms with Crippen LogP contribution in [-0.4, -0.2) is 22.1 Å². The minimum atomic E-state index is 0.838. The van der Waals surface area contributed by atoms with Gasteiger partial charge in [-0.3, -0.25) is 0 Å². The highest BCUT2D eigenvalue weighted by molar-refractivity contribution is 6.25. The molecular weight excluding hydrogens is 346 g/mol. The molecule has 0 amide bonds. The Hall–Kier alpha value is -3.79. The molecule has 0 bridgehead atoms. The first kappa shape index (κ1) is 15.3. The third-order valence-electron chi connectivity index (χ3n) is 5.46. The molecule has 0 unspecified atom stereocenters. The molecule has 0 aliphatic rings. The lowest BCUT2D eigenvalue weighted by molar-refractivity contribution is 0.415. The minimum Gasteiger partial charge on any atom is -0.497 e. The number of nitrogens with zero attached hydrogens (tertiary/aromatic N) is 1. The van der Waals surface area contributed by atoms with Gasteiger partial charge in [-0.05, 0) is 36.4 Å². The van der Waals surface area contributed by atoms with E-state index in [-0.39, 0.29) is 0 Å². The normalized spacial score (nSPS) is 11.8. The topological polar surface area (TPSA) is 53.7 Å². The van der Waals surface area contributed by atoms with Crippen LogP contribution in [0.4, 0.5) is 0 Å². The number of nitrogens with one attached hydrogen (secondary N) is 2. The first-order valence-corrected chi connectivity index (χ1v) is 9.29. The summed E-state index contributed by atoms with van der Waals surface area (Å²) in [6, 6.07) is 24.8. The van der Waals surface area contributed by atoms with E-state index in [2.05, 4.69) is 70.6 Å². The summed E-state index contributed by atoms with van der Waals surface area (Å²) in [5.74, 6) is 0.838. The van der Waals surface area contributed by atoms with E-state index in [4.69, 9.17) is 9.72 Å². The summed E-state index contributed by atoms with van der Waals surface area (Å²) < 4.78 is 5.32. The molecule has 0 saturated heterocycles. The third-order valence-corrected chi connectivity index (χ3v) is 5.46. The SMILES string of the molecule is COc1ccc(-c2nc3c4ccccc4[nH]c3c3c2[nH]c2ccccc23)cc1. The van der Waals surface area contributed by atoms with Crippen molar-refractivity contribution in [3.63, 3.8) is 0 Å². The molecule has 2 N–H and O–H groups in total. The Morgan fingerprint density at radius 2 is 1.36 bits per heavy atom. The van der Waals surface area contributed by atoms with Crippen LogP contribution in [0, 0.1) is 0 Å². The van der Waals surface area contributed by atoms with E-state index in [1.54, 1.807) is 7.11 Å². The van der Waals surface area contributed by atoms with E-state index in [0.717, 1.165) is 50.0 Å². The molecule has 0 aliphatic carbocycles.